The molecule has 0 radical (unpaired) electrons. The van der Waals surface area contributed by atoms with Gasteiger partial charge in [-0.1, -0.05) is 112 Å². The van der Waals surface area contributed by atoms with Crippen LogP contribution in [0.1, 0.15) is 107 Å². The Hall–Kier alpha value is -5.66. The molecule has 0 unspecified atom stereocenters. The van der Waals surface area contributed by atoms with E-state index >= 15 is 0 Å². The standard InChI is InChI=1S/C52H68N6O11S/c1-4-5-6-18-31-58(44(61)28-14-9-17-30-53-42(59)27-16-15-26-41-45-38(34-70-41)54-50(63)56-45)69-48-40(68-49(46(48)62)57-32-29-43(60)55-51(57)64)33-67-52(35-20-10-7-11-21-35,36-22-12-8-13-23-36)37-24-19-25-39(65-2)47(37)66-3/h7-8,10-13,19-25,29,32,38,40-41,45-46,48-49,62H,4-6,9,14-18,26-28,30-31,33-34H2,1-3H3,(H,53,59)(H2,54,56,63)(H,55,60,64)/t38-,40+,41-,45-,46+,48+,49+/m0/s1. The zero-order chi connectivity index (χ0) is 49.5. The molecule has 7 rings (SSSR count). The number of fused-ring (bicyclic) bond motifs is 1. The van der Waals surface area contributed by atoms with Gasteiger partial charge in [0.25, 0.3) is 5.56 Å². The Kier molecular flexibility index (Phi) is 19.0. The Labute approximate surface area is 413 Å². The number of ether oxygens (including phenoxy) is 4. The molecule has 0 saturated carbocycles. The number of aromatic nitrogens is 2. The quantitative estimate of drug-likeness (QED) is 0.0204. The maximum atomic E-state index is 14.1. The topological polar surface area (TPSA) is 212 Å². The van der Waals surface area contributed by atoms with Gasteiger partial charge < -0.3 is 40.0 Å². The molecule has 3 aliphatic heterocycles. The van der Waals surface area contributed by atoms with E-state index in [0.717, 1.165) is 60.0 Å². The molecule has 70 heavy (non-hydrogen) atoms. The molecule has 17 nitrogen and oxygen atoms in total. The number of H-pyrrole nitrogens is 1. The molecule has 7 atom stereocenters. The van der Waals surface area contributed by atoms with Crippen LogP contribution in [0.3, 0.4) is 0 Å². The Bertz CT molecular complexity index is 2400. The molecule has 4 aromatic rings. The molecule has 0 spiro atoms. The largest absolute Gasteiger partial charge is 0.493 e. The summed E-state index contributed by atoms with van der Waals surface area (Å²) in [6.45, 7) is 2.63. The monoisotopic (exact) mass is 984 g/mol. The summed E-state index contributed by atoms with van der Waals surface area (Å²) in [6.07, 6.45) is 4.75. The van der Waals surface area contributed by atoms with Crippen molar-refractivity contribution in [3.05, 3.63) is 129 Å². The molecule has 3 aliphatic rings. The van der Waals surface area contributed by atoms with Crippen LogP contribution in [0.5, 0.6) is 11.5 Å². The number of carbonyl (C=O) groups excluding carboxylic acids is 3. The maximum absolute atomic E-state index is 14.1. The molecule has 3 fully saturated rings. The lowest BCUT2D eigenvalue weighted by Crippen LogP contribution is -2.46. The molecule has 4 heterocycles. The van der Waals surface area contributed by atoms with E-state index in [0.29, 0.717) is 61.0 Å². The van der Waals surface area contributed by atoms with Gasteiger partial charge in [0.05, 0.1) is 32.9 Å². The average molecular weight is 985 g/mol. The number of aromatic amines is 1. The number of rotatable bonds is 27. The second-order valence-electron chi connectivity index (χ2n) is 18.0. The number of hydroxylamine groups is 2. The molecule has 1 aromatic heterocycles. The number of amides is 4. The maximum Gasteiger partial charge on any atom is 0.330 e. The van der Waals surface area contributed by atoms with Crippen molar-refractivity contribution >= 4 is 29.6 Å². The molecule has 18 heteroatoms. The number of para-hydroxylation sites is 1. The van der Waals surface area contributed by atoms with Gasteiger partial charge in [-0.15, -0.1) is 0 Å². The minimum Gasteiger partial charge on any atom is -0.493 e. The summed E-state index contributed by atoms with van der Waals surface area (Å²) >= 11 is 1.87. The van der Waals surface area contributed by atoms with Gasteiger partial charge in [-0.3, -0.25) is 28.8 Å². The van der Waals surface area contributed by atoms with Gasteiger partial charge in [-0.25, -0.2) is 14.7 Å². The van der Waals surface area contributed by atoms with Gasteiger partial charge in [0, 0.05) is 54.8 Å². The van der Waals surface area contributed by atoms with Crippen molar-refractivity contribution < 1.29 is 43.3 Å². The smallest absolute Gasteiger partial charge is 0.330 e. The first kappa shape index (κ1) is 52.2. The number of unbranched alkanes of at least 4 members (excludes halogenated alkanes) is 6. The summed E-state index contributed by atoms with van der Waals surface area (Å²) in [5.41, 5.74) is -0.654. The number of aliphatic hydroxyl groups is 1. The highest BCUT2D eigenvalue weighted by atomic mass is 32.2. The van der Waals surface area contributed by atoms with E-state index < -0.39 is 41.4 Å². The third-order valence-corrected chi connectivity index (χ3v) is 14.8. The number of hydrogen-bond donors (Lipinski definition) is 5. The first-order valence-corrected chi connectivity index (χ1v) is 25.7. The average Bonchev–Trinajstić information content (AvgIpc) is 4.03. The number of nitrogens with one attached hydrogen (secondary N) is 4. The van der Waals surface area contributed by atoms with Crippen molar-refractivity contribution in [2.24, 2.45) is 0 Å². The van der Waals surface area contributed by atoms with Crippen LogP contribution >= 0.6 is 11.8 Å². The Morgan fingerprint density at radius 2 is 1.59 bits per heavy atom. The predicted octanol–water partition coefficient (Wildman–Crippen LogP) is 5.93. The fourth-order valence-electron chi connectivity index (χ4n) is 9.64. The number of nitrogens with zero attached hydrogens (tertiary/aromatic N) is 2. The van der Waals surface area contributed by atoms with Crippen LogP contribution in [0.2, 0.25) is 0 Å². The molecular formula is C52H68N6O11S. The van der Waals surface area contributed by atoms with Gasteiger partial charge in [-0.05, 0) is 49.3 Å². The summed E-state index contributed by atoms with van der Waals surface area (Å²) in [5.74, 6) is 1.55. The number of benzene rings is 3. The predicted molar refractivity (Wildman–Crippen MR) is 266 cm³/mol. The summed E-state index contributed by atoms with van der Waals surface area (Å²) in [7, 11) is 3.12. The summed E-state index contributed by atoms with van der Waals surface area (Å²) in [5, 5.41) is 22.8. The Balaban J connectivity index is 1.05. The highest BCUT2D eigenvalue weighted by molar-refractivity contribution is 8.00. The number of thioether (sulfide) groups is 1. The van der Waals surface area contributed by atoms with Gasteiger partial charge >= 0.3 is 11.7 Å². The lowest BCUT2D eigenvalue weighted by Gasteiger charge is -2.38. The molecule has 3 aromatic carbocycles. The Morgan fingerprint density at radius 3 is 2.29 bits per heavy atom. The van der Waals surface area contributed by atoms with Crippen LogP contribution in [0.15, 0.2) is 101 Å². The van der Waals surface area contributed by atoms with Crippen LogP contribution < -0.4 is 36.7 Å². The zero-order valence-corrected chi connectivity index (χ0v) is 41.2. The van der Waals surface area contributed by atoms with Gasteiger partial charge in [0.2, 0.25) is 11.8 Å². The van der Waals surface area contributed by atoms with E-state index in [-0.39, 0.29) is 49.5 Å². The lowest BCUT2D eigenvalue weighted by molar-refractivity contribution is -0.229. The molecule has 0 bridgehead atoms. The van der Waals surface area contributed by atoms with Crippen molar-refractivity contribution in [1.82, 2.24) is 30.6 Å². The van der Waals surface area contributed by atoms with E-state index in [9.17, 15) is 29.1 Å². The van der Waals surface area contributed by atoms with Crippen molar-refractivity contribution in [1.29, 1.82) is 0 Å². The van der Waals surface area contributed by atoms with Crippen LogP contribution in [-0.4, -0.2) is 113 Å². The van der Waals surface area contributed by atoms with Gasteiger partial charge in [-0.2, -0.15) is 11.8 Å². The molecule has 0 aliphatic carbocycles. The highest BCUT2D eigenvalue weighted by Crippen LogP contribution is 2.48. The first-order chi connectivity index (χ1) is 34.1. The minimum absolute atomic E-state index is 0.00114. The van der Waals surface area contributed by atoms with E-state index in [2.05, 4.69) is 27.9 Å². The van der Waals surface area contributed by atoms with Crippen LogP contribution in [-0.2, 0) is 29.5 Å². The van der Waals surface area contributed by atoms with Crippen LogP contribution in [0.4, 0.5) is 4.79 Å². The molecule has 3 saturated heterocycles. The van der Waals surface area contributed by atoms with Crippen molar-refractivity contribution in [2.45, 2.75) is 131 Å². The second kappa shape index (κ2) is 25.5. The van der Waals surface area contributed by atoms with E-state index in [1.54, 1.807) is 20.3 Å². The van der Waals surface area contributed by atoms with Crippen molar-refractivity contribution in [3.8, 4) is 11.5 Å². The second-order valence-corrected chi connectivity index (χ2v) is 19.3. The fraction of sp³-hybridized carbons (Fsp3) is 0.519. The van der Waals surface area contributed by atoms with E-state index in [4.69, 9.17) is 23.8 Å². The van der Waals surface area contributed by atoms with E-state index in [1.165, 1.54) is 17.3 Å². The number of urea groups is 1. The first-order valence-electron chi connectivity index (χ1n) is 24.6. The molecule has 378 valence electrons. The third kappa shape index (κ3) is 12.6. The number of methoxy groups -OCH3 is 2. The van der Waals surface area contributed by atoms with Crippen LogP contribution in [0.25, 0.3) is 0 Å². The van der Waals surface area contributed by atoms with Gasteiger partial charge in [0.1, 0.15) is 23.9 Å². The molecule has 4 amide bonds. The summed E-state index contributed by atoms with van der Waals surface area (Å²) in [6, 6.07) is 26.2. The molecule has 5 N–H and O–H groups in total. The Morgan fingerprint density at radius 1 is 0.857 bits per heavy atom. The van der Waals surface area contributed by atoms with Gasteiger partial charge in [0.15, 0.2) is 17.7 Å². The normalized spacial score (nSPS) is 21.7. The number of carbonyl (C=O) groups is 3. The minimum atomic E-state index is -1.50. The summed E-state index contributed by atoms with van der Waals surface area (Å²) in [4.78, 5) is 72.7. The van der Waals surface area contributed by atoms with Crippen molar-refractivity contribution in [2.75, 3.05) is 39.7 Å². The van der Waals surface area contributed by atoms with E-state index in [1.807, 2.05) is 84.6 Å². The van der Waals surface area contributed by atoms with Crippen molar-refractivity contribution in [3.63, 3.8) is 0 Å². The summed E-state index contributed by atoms with van der Waals surface area (Å²) < 4.78 is 26.6. The highest BCUT2D eigenvalue weighted by Gasteiger charge is 2.50. The molecular weight excluding hydrogens is 917 g/mol. The number of aliphatic hydroxyl groups excluding tert-OH is 1. The zero-order valence-electron chi connectivity index (χ0n) is 40.3. The number of hydrogen-bond acceptors (Lipinski definition) is 12. The lowest BCUT2D eigenvalue weighted by atomic mass is 9.79. The SMILES string of the molecule is CCCCCCN(O[C@H]1[C@@H](O)[C@H](n2ccc(=O)[nH]c2=O)O[C@@H]1COC(c1ccccc1)(c1ccccc1)c1cccc(OC)c1OC)C(=O)CCCCCNC(=O)CCCC[C@@H]1SC[C@@H]2NC(=O)N[C@@H]21. The van der Waals surface area contributed by atoms with Crippen LogP contribution in [0, 0.1) is 0 Å². The fourth-order valence-corrected chi connectivity index (χ4v) is 11.2. The third-order valence-electron chi connectivity index (χ3n) is 13.3.